The average molecular weight is 126 g/mol. The summed E-state index contributed by atoms with van der Waals surface area (Å²) in [5.74, 6) is 0. The van der Waals surface area contributed by atoms with E-state index >= 15 is 0 Å². The minimum absolute atomic E-state index is 0.493. The van der Waals surface area contributed by atoms with E-state index in [1.807, 2.05) is 0 Å². The molecule has 0 aliphatic heterocycles. The zero-order valence-electron chi connectivity index (χ0n) is 3.87. The lowest BCUT2D eigenvalue weighted by atomic mass is 11.5. The van der Waals surface area contributed by atoms with Gasteiger partial charge < -0.3 is 14.5 Å². The van der Waals surface area contributed by atoms with Gasteiger partial charge in [-0.3, -0.25) is 4.57 Å². The molecule has 0 aromatic rings. The van der Waals surface area contributed by atoms with Crippen molar-refractivity contribution in [3.05, 3.63) is 0 Å². The normalized spacial score (nSPS) is 11.9. The molecule has 0 saturated carbocycles. The van der Waals surface area contributed by atoms with E-state index < -0.39 is 13.9 Å². The lowest BCUT2D eigenvalue weighted by Gasteiger charge is -1.97. The highest BCUT2D eigenvalue weighted by molar-refractivity contribution is 7.51. The van der Waals surface area contributed by atoms with Crippen LogP contribution >= 0.6 is 7.60 Å². The maximum atomic E-state index is 9.80. The Hall–Kier alpha value is 0.110. The van der Waals surface area contributed by atoms with Gasteiger partial charge in [-0.2, -0.15) is 0 Å². The molecule has 2 N–H and O–H groups in total. The highest BCUT2D eigenvalue weighted by Crippen LogP contribution is 2.33. The van der Waals surface area contributed by atoms with Crippen molar-refractivity contribution in [2.45, 2.75) is 0 Å². The smallest absolute Gasteiger partial charge is 0.350 e. The third-order valence-electron chi connectivity index (χ3n) is 0.297. The molecule has 0 bridgehead atoms. The summed E-state index contributed by atoms with van der Waals surface area (Å²) in [7, 11) is -2.65. The summed E-state index contributed by atoms with van der Waals surface area (Å²) in [5, 5.41) is 0. The van der Waals surface area contributed by atoms with E-state index in [4.69, 9.17) is 9.79 Å². The Kier molecular flexibility index (Phi) is 2.46. The van der Waals surface area contributed by atoms with Gasteiger partial charge in [-0.05, 0) is 0 Å². The second kappa shape index (κ2) is 2.43. The van der Waals surface area contributed by atoms with Gasteiger partial charge in [-0.1, -0.05) is 0 Å². The van der Waals surface area contributed by atoms with Crippen molar-refractivity contribution in [3.8, 4) is 0 Å². The van der Waals surface area contributed by atoms with Crippen LogP contribution in [0.5, 0.6) is 0 Å². The molecule has 0 spiro atoms. The number of hydrogen-bond acceptors (Lipinski definition) is 2. The first kappa shape index (κ1) is 7.11. The zero-order valence-corrected chi connectivity index (χ0v) is 4.76. The Bertz CT molecular complexity index is 83.7. The van der Waals surface area contributed by atoms with Gasteiger partial charge in [0, 0.05) is 7.11 Å². The molecule has 44 valence electrons. The van der Waals surface area contributed by atoms with E-state index in [1.54, 1.807) is 0 Å². The van der Waals surface area contributed by atoms with Crippen LogP contribution in [0.3, 0.4) is 0 Å². The number of ether oxygens (including phenoxy) is 1. The molecule has 0 amide bonds. The molecule has 0 aliphatic carbocycles. The molecular formula is C2H7O4P. The minimum atomic E-state index is -3.89. The summed E-state index contributed by atoms with van der Waals surface area (Å²) in [4.78, 5) is 16.0. The number of rotatable bonds is 2. The second-order valence-corrected chi connectivity index (χ2v) is 2.67. The fourth-order valence-corrected chi connectivity index (χ4v) is 0.505. The van der Waals surface area contributed by atoms with E-state index in [9.17, 15) is 4.57 Å². The molecule has 0 fully saturated rings. The van der Waals surface area contributed by atoms with Gasteiger partial charge in [0.2, 0.25) is 0 Å². The highest BCUT2D eigenvalue weighted by Gasteiger charge is 2.09. The lowest BCUT2D eigenvalue weighted by Crippen LogP contribution is -1.87. The third kappa shape index (κ3) is 6.11. The van der Waals surface area contributed by atoms with Gasteiger partial charge in [0.25, 0.3) is 0 Å². The predicted molar refractivity (Wildman–Crippen MR) is 23.9 cm³/mol. The van der Waals surface area contributed by atoms with Gasteiger partial charge in [0.15, 0.2) is 0 Å². The summed E-state index contributed by atoms with van der Waals surface area (Å²) in [6.07, 6.45) is -0.493. The van der Waals surface area contributed by atoms with E-state index in [0.717, 1.165) is 0 Å². The maximum Gasteiger partial charge on any atom is 0.350 e. The fourth-order valence-electron chi connectivity index (χ4n) is 0.168. The molecule has 0 atom stereocenters. The first-order valence-electron chi connectivity index (χ1n) is 1.60. The molecule has 0 aromatic heterocycles. The van der Waals surface area contributed by atoms with Gasteiger partial charge in [-0.15, -0.1) is 0 Å². The van der Waals surface area contributed by atoms with Crippen LogP contribution in [-0.4, -0.2) is 23.2 Å². The van der Waals surface area contributed by atoms with Crippen LogP contribution in [0, 0.1) is 0 Å². The molecule has 4 nitrogen and oxygen atoms in total. The Morgan fingerprint density at radius 1 is 1.71 bits per heavy atom. The Labute approximate surface area is 41.3 Å². The molecule has 0 aliphatic rings. The SMILES string of the molecule is COCP(=O)(O)O. The van der Waals surface area contributed by atoms with Gasteiger partial charge >= 0.3 is 7.60 Å². The van der Waals surface area contributed by atoms with E-state index in [0.29, 0.717) is 0 Å². The molecule has 0 rings (SSSR count). The molecule has 0 saturated heterocycles. The Morgan fingerprint density at radius 3 is 2.14 bits per heavy atom. The van der Waals surface area contributed by atoms with Crippen LogP contribution in [0.15, 0.2) is 0 Å². The van der Waals surface area contributed by atoms with Crippen molar-refractivity contribution in [2.24, 2.45) is 0 Å². The monoisotopic (exact) mass is 126 g/mol. The van der Waals surface area contributed by atoms with Crippen molar-refractivity contribution < 1.29 is 19.1 Å². The summed E-state index contributed by atoms with van der Waals surface area (Å²) < 4.78 is 13.9. The zero-order chi connectivity index (χ0) is 5.91. The maximum absolute atomic E-state index is 9.80. The van der Waals surface area contributed by atoms with Crippen LogP contribution in [0.1, 0.15) is 0 Å². The topological polar surface area (TPSA) is 66.8 Å². The van der Waals surface area contributed by atoms with Crippen molar-refractivity contribution >= 4 is 7.60 Å². The van der Waals surface area contributed by atoms with Crippen molar-refractivity contribution in [2.75, 3.05) is 13.5 Å². The summed E-state index contributed by atoms with van der Waals surface area (Å²) in [6.45, 7) is 0. The number of methoxy groups -OCH3 is 1. The van der Waals surface area contributed by atoms with Gasteiger partial charge in [0.1, 0.15) is 6.35 Å². The van der Waals surface area contributed by atoms with Crippen molar-refractivity contribution in [1.82, 2.24) is 0 Å². The van der Waals surface area contributed by atoms with Crippen LogP contribution < -0.4 is 0 Å². The quantitative estimate of drug-likeness (QED) is 0.501. The minimum Gasteiger partial charge on any atom is -0.372 e. The van der Waals surface area contributed by atoms with Crippen molar-refractivity contribution in [1.29, 1.82) is 0 Å². The molecular weight excluding hydrogens is 119 g/mol. The van der Waals surface area contributed by atoms with E-state index in [2.05, 4.69) is 4.74 Å². The largest absolute Gasteiger partial charge is 0.372 e. The van der Waals surface area contributed by atoms with Crippen LogP contribution in [-0.2, 0) is 9.30 Å². The summed E-state index contributed by atoms with van der Waals surface area (Å²) in [6, 6.07) is 0. The molecule has 0 unspecified atom stereocenters. The van der Waals surface area contributed by atoms with E-state index in [-0.39, 0.29) is 0 Å². The summed E-state index contributed by atoms with van der Waals surface area (Å²) in [5.41, 5.74) is 0. The predicted octanol–water partition coefficient (Wildman–Crippen LogP) is -0.232. The standard InChI is InChI=1S/C2H7O4P/c1-6-2-7(3,4)5/h2H2,1H3,(H2,3,4,5). The molecule has 7 heavy (non-hydrogen) atoms. The van der Waals surface area contributed by atoms with Crippen LogP contribution in [0.2, 0.25) is 0 Å². The Morgan fingerprint density at radius 2 is 2.14 bits per heavy atom. The van der Waals surface area contributed by atoms with E-state index in [1.165, 1.54) is 7.11 Å². The number of hydrogen-bond donors (Lipinski definition) is 2. The fraction of sp³-hybridized carbons (Fsp3) is 1.00. The first-order valence-corrected chi connectivity index (χ1v) is 3.39. The highest BCUT2D eigenvalue weighted by atomic mass is 31.2. The second-order valence-electron chi connectivity index (χ2n) is 1.08. The van der Waals surface area contributed by atoms with Crippen LogP contribution in [0.4, 0.5) is 0 Å². The van der Waals surface area contributed by atoms with Gasteiger partial charge in [-0.25, -0.2) is 0 Å². The molecule has 0 radical (unpaired) electrons. The molecule has 0 aromatic carbocycles. The third-order valence-corrected chi connectivity index (χ3v) is 0.892. The Balaban J connectivity index is 3.36. The average Bonchev–Trinajstić information content (AvgIpc) is 1.30. The van der Waals surface area contributed by atoms with Crippen LogP contribution in [0.25, 0.3) is 0 Å². The summed E-state index contributed by atoms with van der Waals surface area (Å²) >= 11 is 0. The van der Waals surface area contributed by atoms with Gasteiger partial charge in [0.05, 0.1) is 0 Å². The molecule has 0 heterocycles. The molecule has 5 heteroatoms. The van der Waals surface area contributed by atoms with Crippen molar-refractivity contribution in [3.63, 3.8) is 0 Å². The first-order chi connectivity index (χ1) is 3.06. The lowest BCUT2D eigenvalue weighted by molar-refractivity contribution is 0.217.